The van der Waals surface area contributed by atoms with Crippen molar-refractivity contribution in [2.75, 3.05) is 13.2 Å². The first kappa shape index (κ1) is 14.0. The lowest BCUT2D eigenvalue weighted by Crippen LogP contribution is -2.73. The van der Waals surface area contributed by atoms with Gasteiger partial charge < -0.3 is 9.47 Å². The highest BCUT2D eigenvalue weighted by Gasteiger charge is 2.70. The Labute approximate surface area is 134 Å². The molecule has 2 heteroatoms. The zero-order chi connectivity index (χ0) is 15.1. The van der Waals surface area contributed by atoms with Gasteiger partial charge in [-0.1, -0.05) is 31.9 Å². The molecule has 0 aromatic carbocycles. The van der Waals surface area contributed by atoms with Crippen molar-refractivity contribution in [1.29, 1.82) is 0 Å². The molecule has 0 aromatic rings. The zero-order valence-electron chi connectivity index (χ0n) is 14.3. The molecule has 3 aliphatic carbocycles. The zero-order valence-corrected chi connectivity index (χ0v) is 14.3. The molecular formula is C20H30O2. The van der Waals surface area contributed by atoms with Gasteiger partial charge in [-0.25, -0.2) is 0 Å². The van der Waals surface area contributed by atoms with Crippen LogP contribution in [0.2, 0.25) is 0 Å². The molecule has 1 unspecified atom stereocenters. The molecule has 8 atom stereocenters. The molecule has 22 heavy (non-hydrogen) atoms. The smallest absolute Gasteiger partial charge is 0.0672 e. The quantitative estimate of drug-likeness (QED) is 0.624. The van der Waals surface area contributed by atoms with Crippen LogP contribution < -0.4 is 0 Å². The van der Waals surface area contributed by atoms with Crippen molar-refractivity contribution < 1.29 is 9.47 Å². The Balaban J connectivity index is 1.69. The van der Waals surface area contributed by atoms with Crippen LogP contribution >= 0.6 is 0 Å². The highest BCUT2D eigenvalue weighted by Crippen LogP contribution is 2.71. The highest BCUT2D eigenvalue weighted by atomic mass is 16.5. The molecule has 2 aliphatic heterocycles. The van der Waals surface area contributed by atoms with Crippen molar-refractivity contribution in [2.24, 2.45) is 34.5 Å². The lowest BCUT2D eigenvalue weighted by Gasteiger charge is -2.72. The fourth-order valence-electron chi connectivity index (χ4n) is 7.69. The number of allylic oxidation sites excluding steroid dienone is 1. The third kappa shape index (κ3) is 1.41. The maximum Gasteiger partial charge on any atom is 0.0672 e. The molecule has 0 aromatic heterocycles. The summed E-state index contributed by atoms with van der Waals surface area (Å²) in [5, 5.41) is 0. The highest BCUT2D eigenvalue weighted by molar-refractivity contribution is 5.26. The van der Waals surface area contributed by atoms with Crippen molar-refractivity contribution in [2.45, 2.75) is 65.1 Å². The second-order valence-electron chi connectivity index (χ2n) is 9.11. The van der Waals surface area contributed by atoms with Crippen molar-refractivity contribution in [3.63, 3.8) is 0 Å². The van der Waals surface area contributed by atoms with E-state index in [1.54, 1.807) is 5.57 Å². The maximum atomic E-state index is 6.59. The minimum Gasteiger partial charge on any atom is -0.377 e. The summed E-state index contributed by atoms with van der Waals surface area (Å²) in [7, 11) is 0. The molecule has 2 saturated carbocycles. The Morgan fingerprint density at radius 3 is 2.86 bits per heavy atom. The SMILES string of the molecule is CC1=CCC2OC[C@@]34[C@@H]5CC[C@H](C)[C@@H]3CCO[C@@H]4C[C@@H]1[C@]25C. The fraction of sp³-hybridized carbons (Fsp3) is 0.900. The van der Waals surface area contributed by atoms with Crippen LogP contribution in [0.15, 0.2) is 11.6 Å². The summed E-state index contributed by atoms with van der Waals surface area (Å²) in [5.74, 6) is 3.17. The molecule has 1 spiro atoms. The Kier molecular flexibility index (Phi) is 2.80. The summed E-state index contributed by atoms with van der Waals surface area (Å²) in [4.78, 5) is 0. The Morgan fingerprint density at radius 1 is 1.14 bits per heavy atom. The van der Waals surface area contributed by atoms with Crippen molar-refractivity contribution >= 4 is 0 Å². The molecule has 0 N–H and O–H groups in total. The van der Waals surface area contributed by atoms with Gasteiger partial charge in [-0.15, -0.1) is 0 Å². The Morgan fingerprint density at radius 2 is 2.00 bits per heavy atom. The van der Waals surface area contributed by atoms with E-state index in [2.05, 4.69) is 26.8 Å². The first-order valence-corrected chi connectivity index (χ1v) is 9.48. The molecule has 2 bridgehead atoms. The first-order valence-electron chi connectivity index (χ1n) is 9.48. The number of rotatable bonds is 0. The topological polar surface area (TPSA) is 18.5 Å². The van der Waals surface area contributed by atoms with E-state index in [0.717, 1.165) is 37.4 Å². The van der Waals surface area contributed by atoms with Gasteiger partial charge in [-0.2, -0.15) is 0 Å². The monoisotopic (exact) mass is 302 g/mol. The largest absolute Gasteiger partial charge is 0.377 e. The minimum atomic E-state index is 0.329. The summed E-state index contributed by atoms with van der Waals surface area (Å²) in [6.07, 6.45) is 9.82. The molecule has 0 radical (unpaired) electrons. The molecular weight excluding hydrogens is 272 g/mol. The lowest BCUT2D eigenvalue weighted by molar-refractivity contribution is -0.322. The van der Waals surface area contributed by atoms with Crippen molar-refractivity contribution in [3.8, 4) is 0 Å². The van der Waals surface area contributed by atoms with E-state index in [4.69, 9.17) is 9.47 Å². The molecule has 2 nitrogen and oxygen atoms in total. The van der Waals surface area contributed by atoms with Crippen LogP contribution in [0.5, 0.6) is 0 Å². The molecule has 122 valence electrons. The predicted octanol–water partition coefficient (Wildman–Crippen LogP) is 4.20. The molecule has 5 aliphatic rings. The van der Waals surface area contributed by atoms with E-state index < -0.39 is 0 Å². The summed E-state index contributed by atoms with van der Waals surface area (Å²) >= 11 is 0. The maximum absolute atomic E-state index is 6.59. The van der Waals surface area contributed by atoms with Gasteiger partial charge in [-0.3, -0.25) is 0 Å². The van der Waals surface area contributed by atoms with Crippen LogP contribution in [0.3, 0.4) is 0 Å². The van der Waals surface area contributed by atoms with Crippen molar-refractivity contribution in [1.82, 2.24) is 0 Å². The van der Waals surface area contributed by atoms with E-state index >= 15 is 0 Å². The van der Waals surface area contributed by atoms with Gasteiger partial charge in [0.2, 0.25) is 0 Å². The molecule has 5 rings (SSSR count). The summed E-state index contributed by atoms with van der Waals surface area (Å²) in [6, 6.07) is 0. The third-order valence-corrected chi connectivity index (χ3v) is 8.67. The molecule has 4 fully saturated rings. The number of hydrogen-bond acceptors (Lipinski definition) is 2. The second kappa shape index (κ2) is 4.39. The average molecular weight is 302 g/mol. The normalized spacial score (nSPS) is 59.5. The van der Waals surface area contributed by atoms with Crippen LogP contribution in [0.25, 0.3) is 0 Å². The van der Waals surface area contributed by atoms with E-state index in [9.17, 15) is 0 Å². The van der Waals surface area contributed by atoms with Crippen LogP contribution in [0.1, 0.15) is 52.9 Å². The van der Waals surface area contributed by atoms with Crippen molar-refractivity contribution in [3.05, 3.63) is 11.6 Å². The summed E-state index contributed by atoms with van der Waals surface area (Å²) in [5.41, 5.74) is 2.30. The van der Waals surface area contributed by atoms with Gasteiger partial charge in [0.25, 0.3) is 0 Å². The Bertz CT molecular complexity index is 526. The second-order valence-corrected chi connectivity index (χ2v) is 9.11. The van der Waals surface area contributed by atoms with Crippen LogP contribution in [0.4, 0.5) is 0 Å². The molecule has 0 amide bonds. The van der Waals surface area contributed by atoms with Crippen LogP contribution in [-0.2, 0) is 9.47 Å². The summed E-state index contributed by atoms with van der Waals surface area (Å²) < 4.78 is 13.0. The predicted molar refractivity (Wildman–Crippen MR) is 86.5 cm³/mol. The average Bonchev–Trinajstić information content (AvgIpc) is 2.50. The van der Waals surface area contributed by atoms with Gasteiger partial charge in [0.15, 0.2) is 0 Å². The van der Waals surface area contributed by atoms with E-state index in [1.165, 1.54) is 25.7 Å². The van der Waals surface area contributed by atoms with Crippen LogP contribution in [0, 0.1) is 34.5 Å². The van der Waals surface area contributed by atoms with Gasteiger partial charge in [0.05, 0.1) is 18.8 Å². The van der Waals surface area contributed by atoms with E-state index in [-0.39, 0.29) is 0 Å². The van der Waals surface area contributed by atoms with Gasteiger partial charge in [-0.05, 0) is 56.3 Å². The van der Waals surface area contributed by atoms with E-state index in [0.29, 0.717) is 29.0 Å². The van der Waals surface area contributed by atoms with Gasteiger partial charge in [0.1, 0.15) is 0 Å². The van der Waals surface area contributed by atoms with E-state index in [1.807, 2.05) is 0 Å². The fourth-order valence-corrected chi connectivity index (χ4v) is 7.69. The molecule has 2 heterocycles. The van der Waals surface area contributed by atoms with Crippen LogP contribution in [-0.4, -0.2) is 25.4 Å². The third-order valence-electron chi connectivity index (χ3n) is 8.67. The molecule has 2 saturated heterocycles. The van der Waals surface area contributed by atoms with Gasteiger partial charge in [0, 0.05) is 17.4 Å². The Hall–Kier alpha value is -0.340. The van der Waals surface area contributed by atoms with Gasteiger partial charge >= 0.3 is 0 Å². The number of hydrogen-bond donors (Lipinski definition) is 0. The first-order chi connectivity index (χ1) is 10.6. The summed E-state index contributed by atoms with van der Waals surface area (Å²) in [6.45, 7) is 9.37. The minimum absolute atomic E-state index is 0.329. The number of ether oxygens (including phenoxy) is 2. The standard InChI is InChI=1S/C20H30O2/c1-12-4-6-16-19(3)15-10-18-20(16,14(12)8-9-21-18)11-22-17(19)7-5-13(15)2/h5,12,14-18H,4,6-11H2,1-3H3/t12-,14-,15-,16+,17?,18+,19-,20-/m0/s1. The lowest BCUT2D eigenvalue weighted by atomic mass is 9.38.